The van der Waals surface area contributed by atoms with Gasteiger partial charge in [-0.1, -0.05) is 35.9 Å². The molecule has 33 heavy (non-hydrogen) atoms. The van der Waals surface area contributed by atoms with Crippen LogP contribution in [0.1, 0.15) is 33.1 Å². The van der Waals surface area contributed by atoms with Crippen LogP contribution in [0.4, 0.5) is 0 Å². The number of rotatable bonds is 7. The Kier molecular flexibility index (Phi) is 6.91. The van der Waals surface area contributed by atoms with E-state index >= 15 is 0 Å². The molecule has 2 aliphatic rings. The maximum atomic E-state index is 13.7. The molecule has 7 nitrogen and oxygen atoms in total. The molecule has 7 heteroatoms. The lowest BCUT2D eigenvalue weighted by molar-refractivity contribution is -0.141. The normalized spacial score (nSPS) is 21.5. The van der Waals surface area contributed by atoms with Gasteiger partial charge in [0.05, 0.1) is 26.4 Å². The molecule has 0 spiro atoms. The van der Waals surface area contributed by atoms with Crippen molar-refractivity contribution in [3.05, 3.63) is 64.7 Å². The minimum Gasteiger partial charge on any atom is -0.496 e. The van der Waals surface area contributed by atoms with Crippen LogP contribution in [0.25, 0.3) is 0 Å². The fourth-order valence-electron chi connectivity index (χ4n) is 4.73. The van der Waals surface area contributed by atoms with E-state index in [9.17, 15) is 14.4 Å². The van der Waals surface area contributed by atoms with Gasteiger partial charge in [-0.25, -0.2) is 0 Å². The smallest absolute Gasteiger partial charge is 0.291 e. The van der Waals surface area contributed by atoms with E-state index in [0.717, 1.165) is 24.2 Å². The predicted molar refractivity (Wildman–Crippen MR) is 123 cm³/mol. The van der Waals surface area contributed by atoms with E-state index in [0.29, 0.717) is 43.2 Å². The van der Waals surface area contributed by atoms with E-state index in [1.165, 1.54) is 0 Å². The molecule has 1 amide bonds. The molecule has 2 aliphatic heterocycles. The molecule has 2 atom stereocenters. The molecule has 2 saturated heterocycles. The lowest BCUT2D eigenvalue weighted by atomic mass is 9.84. The first-order valence-corrected chi connectivity index (χ1v) is 11.3. The van der Waals surface area contributed by atoms with Gasteiger partial charge in [-0.2, -0.15) is 0 Å². The number of Topliss-reactive ketones (excluding diaryl/α,β-unsaturated/α-hetero) is 2. The number of methoxy groups -OCH3 is 1. The van der Waals surface area contributed by atoms with Crippen molar-refractivity contribution in [2.45, 2.75) is 19.9 Å². The third-order valence-electron chi connectivity index (χ3n) is 6.57. The molecule has 0 radical (unpaired) electrons. The third-order valence-corrected chi connectivity index (χ3v) is 6.57. The van der Waals surface area contributed by atoms with Crippen molar-refractivity contribution in [3.63, 3.8) is 0 Å². The van der Waals surface area contributed by atoms with Gasteiger partial charge < -0.3 is 14.4 Å². The van der Waals surface area contributed by atoms with Crippen molar-refractivity contribution in [1.82, 2.24) is 9.80 Å². The second-order valence-corrected chi connectivity index (χ2v) is 8.66. The highest BCUT2D eigenvalue weighted by atomic mass is 16.5. The van der Waals surface area contributed by atoms with Gasteiger partial charge in [0.1, 0.15) is 11.7 Å². The van der Waals surface area contributed by atoms with Gasteiger partial charge in [-0.05, 0) is 31.5 Å². The van der Waals surface area contributed by atoms with E-state index < -0.39 is 23.7 Å². The monoisotopic (exact) mass is 450 g/mol. The summed E-state index contributed by atoms with van der Waals surface area (Å²) in [7, 11) is 1.55. The summed E-state index contributed by atoms with van der Waals surface area (Å²) in [6, 6.07) is 12.2. The van der Waals surface area contributed by atoms with E-state index in [1.54, 1.807) is 24.1 Å². The summed E-state index contributed by atoms with van der Waals surface area (Å²) >= 11 is 0. The van der Waals surface area contributed by atoms with E-state index in [-0.39, 0.29) is 5.78 Å². The highest BCUT2D eigenvalue weighted by molar-refractivity contribution is 6.44. The maximum Gasteiger partial charge on any atom is 0.291 e. The molecule has 0 bridgehead atoms. The first-order valence-electron chi connectivity index (χ1n) is 11.3. The molecule has 2 aromatic carbocycles. The van der Waals surface area contributed by atoms with Crippen molar-refractivity contribution in [2.24, 2.45) is 5.92 Å². The number of hydrogen-bond donors (Lipinski definition) is 0. The number of morpholine rings is 1. The number of hydrogen-bond acceptors (Lipinski definition) is 6. The maximum absolute atomic E-state index is 13.7. The summed E-state index contributed by atoms with van der Waals surface area (Å²) in [5.41, 5.74) is 2.87. The number of likely N-dealkylation sites (tertiary alicyclic amines) is 1. The fraction of sp³-hybridized carbons (Fsp3) is 0.423. The highest BCUT2D eigenvalue weighted by Crippen LogP contribution is 2.42. The van der Waals surface area contributed by atoms with Crippen molar-refractivity contribution in [2.75, 3.05) is 46.5 Å². The summed E-state index contributed by atoms with van der Waals surface area (Å²) in [6.45, 7) is 7.57. The molecular weight excluding hydrogens is 420 g/mol. The average Bonchev–Trinajstić information content (AvgIpc) is 3.09. The Morgan fingerprint density at radius 1 is 1.06 bits per heavy atom. The molecule has 2 fully saturated rings. The second-order valence-electron chi connectivity index (χ2n) is 8.66. The number of nitrogens with zero attached hydrogens (tertiary/aromatic N) is 2. The van der Waals surface area contributed by atoms with Gasteiger partial charge in [0.2, 0.25) is 5.78 Å². The van der Waals surface area contributed by atoms with Crippen molar-refractivity contribution in [3.8, 4) is 5.75 Å². The predicted octanol–water partition coefficient (Wildman–Crippen LogP) is 2.60. The third kappa shape index (κ3) is 4.56. The van der Waals surface area contributed by atoms with E-state index in [4.69, 9.17) is 9.47 Å². The Morgan fingerprint density at radius 2 is 1.79 bits per heavy atom. The summed E-state index contributed by atoms with van der Waals surface area (Å²) in [4.78, 5) is 44.0. The zero-order valence-corrected chi connectivity index (χ0v) is 19.4. The Hall–Kier alpha value is -3.03. The number of ketones is 2. The number of aryl methyl sites for hydroxylation is 2. The van der Waals surface area contributed by atoms with Crippen LogP contribution in [0.15, 0.2) is 42.5 Å². The Labute approximate surface area is 194 Å². The minimum absolute atomic E-state index is 0.320. The molecule has 0 aliphatic carbocycles. The number of carbonyl (C=O) groups is 3. The molecule has 2 heterocycles. The van der Waals surface area contributed by atoms with Crippen LogP contribution in [0, 0.1) is 19.8 Å². The van der Waals surface area contributed by atoms with Gasteiger partial charge in [0.15, 0.2) is 5.78 Å². The molecule has 0 aromatic heterocycles. The molecule has 174 valence electrons. The largest absolute Gasteiger partial charge is 0.496 e. The first kappa shape index (κ1) is 23.1. The van der Waals surface area contributed by atoms with Crippen LogP contribution in [0.3, 0.4) is 0 Å². The summed E-state index contributed by atoms with van der Waals surface area (Å²) in [6.07, 6.45) is 0. The topological polar surface area (TPSA) is 76.2 Å². The Balaban J connectivity index is 1.73. The van der Waals surface area contributed by atoms with Crippen LogP contribution >= 0.6 is 0 Å². The number of carbonyl (C=O) groups excluding carboxylic acids is 3. The molecule has 4 rings (SSSR count). The summed E-state index contributed by atoms with van der Waals surface area (Å²) in [5.74, 6) is -2.14. The zero-order chi connectivity index (χ0) is 23.5. The molecule has 2 aromatic rings. The van der Waals surface area contributed by atoms with Crippen LogP contribution in [-0.2, 0) is 14.3 Å². The van der Waals surface area contributed by atoms with Crippen molar-refractivity contribution in [1.29, 1.82) is 0 Å². The summed E-state index contributed by atoms with van der Waals surface area (Å²) in [5, 5.41) is 0. The fourth-order valence-corrected chi connectivity index (χ4v) is 4.73. The van der Waals surface area contributed by atoms with Gasteiger partial charge in [-0.3, -0.25) is 19.3 Å². The zero-order valence-electron chi connectivity index (χ0n) is 19.4. The number of amides is 1. The SMILES string of the molecule is COc1ccccc1C1C(C(=O)c2cc(C)ccc2C)C(=O)C(=O)N1CCN1CCOCC1. The lowest BCUT2D eigenvalue weighted by Crippen LogP contribution is -2.43. The molecule has 0 saturated carbocycles. The number of para-hydroxylation sites is 1. The van der Waals surface area contributed by atoms with E-state index in [1.807, 2.05) is 44.2 Å². The Morgan fingerprint density at radius 3 is 2.52 bits per heavy atom. The number of ether oxygens (including phenoxy) is 2. The molecule has 0 N–H and O–H groups in total. The van der Waals surface area contributed by atoms with Crippen LogP contribution in [0.2, 0.25) is 0 Å². The minimum atomic E-state index is -1.11. The first-order chi connectivity index (χ1) is 15.9. The van der Waals surface area contributed by atoms with Gasteiger partial charge in [-0.15, -0.1) is 0 Å². The molecule has 2 unspecified atom stereocenters. The van der Waals surface area contributed by atoms with Crippen molar-refractivity contribution < 1.29 is 23.9 Å². The summed E-state index contributed by atoms with van der Waals surface area (Å²) < 4.78 is 11.0. The lowest BCUT2D eigenvalue weighted by Gasteiger charge is -2.32. The molecular formula is C26H30N2O5. The van der Waals surface area contributed by atoms with Crippen LogP contribution < -0.4 is 4.74 Å². The number of benzene rings is 2. The van der Waals surface area contributed by atoms with Crippen LogP contribution in [0.5, 0.6) is 5.75 Å². The highest BCUT2D eigenvalue weighted by Gasteiger charge is 2.52. The van der Waals surface area contributed by atoms with Crippen LogP contribution in [-0.4, -0.2) is 73.8 Å². The Bertz CT molecular complexity index is 1060. The van der Waals surface area contributed by atoms with Gasteiger partial charge in [0.25, 0.3) is 5.91 Å². The average molecular weight is 451 g/mol. The quantitative estimate of drug-likeness (QED) is 0.367. The van der Waals surface area contributed by atoms with Crippen molar-refractivity contribution >= 4 is 17.5 Å². The second kappa shape index (κ2) is 9.85. The van der Waals surface area contributed by atoms with Gasteiger partial charge >= 0.3 is 0 Å². The standard InChI is InChI=1S/C26H30N2O5/c1-17-8-9-18(2)20(16-17)24(29)22-23(19-6-4-5-7-21(19)32-3)28(26(31)25(22)30)11-10-27-12-14-33-15-13-27/h4-9,16,22-23H,10-15H2,1-3H3. The van der Waals surface area contributed by atoms with E-state index in [2.05, 4.69) is 4.90 Å². The van der Waals surface area contributed by atoms with Gasteiger partial charge in [0, 0.05) is 37.3 Å².